The van der Waals surface area contributed by atoms with Crippen molar-refractivity contribution >= 4 is 22.7 Å². The molecular weight excluding hydrogens is 330 g/mol. The van der Waals surface area contributed by atoms with Crippen LogP contribution in [0.3, 0.4) is 0 Å². The van der Waals surface area contributed by atoms with Gasteiger partial charge >= 0.3 is 6.03 Å². The largest absolute Gasteiger partial charge is 0.392 e. The van der Waals surface area contributed by atoms with Crippen molar-refractivity contribution in [2.75, 3.05) is 19.8 Å². The molecule has 0 saturated carbocycles. The third-order valence-electron chi connectivity index (χ3n) is 5.42. The number of hydrogen-bond donors (Lipinski definition) is 2. The van der Waals surface area contributed by atoms with Gasteiger partial charge in [0.15, 0.2) is 0 Å². The molecule has 2 saturated heterocycles. The van der Waals surface area contributed by atoms with Gasteiger partial charge in [-0.25, -0.2) is 9.69 Å². The number of benzene rings is 2. The fraction of sp³-hybridized carbons (Fsp3) is 0.400. The molecule has 2 aromatic rings. The van der Waals surface area contributed by atoms with Crippen LogP contribution >= 0.6 is 0 Å². The Morgan fingerprint density at radius 1 is 1.19 bits per heavy atom. The van der Waals surface area contributed by atoms with Crippen LogP contribution < -0.4 is 5.32 Å². The van der Waals surface area contributed by atoms with Gasteiger partial charge in [-0.2, -0.15) is 0 Å². The number of carbonyl (C=O) groups excluding carboxylic acids is 2. The van der Waals surface area contributed by atoms with Gasteiger partial charge in [0.25, 0.3) is 5.91 Å². The first kappa shape index (κ1) is 17.0. The minimum atomic E-state index is -1.07. The van der Waals surface area contributed by atoms with Gasteiger partial charge in [0.1, 0.15) is 5.54 Å². The lowest BCUT2D eigenvalue weighted by Gasteiger charge is -2.32. The number of nitrogens with one attached hydrogen (secondary N) is 1. The van der Waals surface area contributed by atoms with Crippen LogP contribution in [0.15, 0.2) is 42.5 Å². The van der Waals surface area contributed by atoms with Gasteiger partial charge < -0.3 is 10.4 Å². The zero-order valence-corrected chi connectivity index (χ0v) is 14.8. The number of aliphatic hydroxyl groups excluding tert-OH is 1. The maximum absolute atomic E-state index is 13.1. The van der Waals surface area contributed by atoms with Crippen molar-refractivity contribution in [3.05, 3.63) is 48.0 Å². The maximum atomic E-state index is 13.1. The second-order valence-corrected chi connectivity index (χ2v) is 7.36. The van der Waals surface area contributed by atoms with Crippen molar-refractivity contribution < 1.29 is 14.7 Å². The van der Waals surface area contributed by atoms with Gasteiger partial charge in [-0.1, -0.05) is 36.4 Å². The molecule has 0 aliphatic carbocycles. The van der Waals surface area contributed by atoms with E-state index in [0.717, 1.165) is 35.7 Å². The first-order valence-corrected chi connectivity index (χ1v) is 9.01. The minimum absolute atomic E-state index is 0.213. The predicted molar refractivity (Wildman–Crippen MR) is 98.4 cm³/mol. The van der Waals surface area contributed by atoms with Gasteiger partial charge in [0, 0.05) is 13.1 Å². The molecule has 0 radical (unpaired) electrons. The Hall–Kier alpha value is -2.44. The van der Waals surface area contributed by atoms with E-state index in [1.165, 1.54) is 4.90 Å². The predicted octanol–water partition coefficient (Wildman–Crippen LogP) is 2.02. The summed E-state index contributed by atoms with van der Waals surface area (Å²) in [5.74, 6) is -0.252. The summed E-state index contributed by atoms with van der Waals surface area (Å²) in [5, 5.41) is 14.8. The number of urea groups is 1. The van der Waals surface area contributed by atoms with Gasteiger partial charge in [0.2, 0.25) is 0 Å². The van der Waals surface area contributed by atoms with Crippen molar-refractivity contribution in [2.24, 2.45) is 0 Å². The zero-order chi connectivity index (χ0) is 18.3. The molecule has 2 N–H and O–H groups in total. The van der Waals surface area contributed by atoms with E-state index >= 15 is 0 Å². The van der Waals surface area contributed by atoms with Crippen molar-refractivity contribution in [1.82, 2.24) is 15.1 Å². The lowest BCUT2D eigenvalue weighted by atomic mass is 9.90. The molecule has 0 spiro atoms. The Balaban J connectivity index is 1.60. The quantitative estimate of drug-likeness (QED) is 0.828. The summed E-state index contributed by atoms with van der Waals surface area (Å²) in [6.07, 6.45) is 1.24. The van der Waals surface area contributed by atoms with Crippen LogP contribution in [0.5, 0.6) is 0 Å². The molecule has 2 aliphatic heterocycles. The Bertz CT molecular complexity index is 868. The summed E-state index contributed by atoms with van der Waals surface area (Å²) in [5.41, 5.74) is -0.300. The third-order valence-corrected chi connectivity index (χ3v) is 5.42. The van der Waals surface area contributed by atoms with Crippen LogP contribution in [0.1, 0.15) is 25.3 Å². The zero-order valence-electron chi connectivity index (χ0n) is 14.8. The number of β-amino-alcohol motifs (C(OH)–C–C–N with tert-alkyl or cyclic N) is 1. The molecule has 26 heavy (non-hydrogen) atoms. The fourth-order valence-corrected chi connectivity index (χ4v) is 3.88. The smallest absolute Gasteiger partial charge is 0.326 e. The number of rotatable bonds is 3. The summed E-state index contributed by atoms with van der Waals surface area (Å²) in [6, 6.07) is 13.4. The van der Waals surface area contributed by atoms with Crippen molar-refractivity contribution in [3.63, 3.8) is 0 Å². The SMILES string of the molecule is C[C@]1(c2ccc3ccccc3c2)NC(=O)N(CN2CCC[C@H](O)C2)C1=O. The highest BCUT2D eigenvalue weighted by Crippen LogP contribution is 2.31. The molecule has 2 heterocycles. The maximum Gasteiger partial charge on any atom is 0.326 e. The molecule has 2 aromatic carbocycles. The van der Waals surface area contributed by atoms with E-state index < -0.39 is 11.6 Å². The van der Waals surface area contributed by atoms with Crippen molar-refractivity contribution in [2.45, 2.75) is 31.4 Å². The topological polar surface area (TPSA) is 72.9 Å². The molecular formula is C20H23N3O3. The first-order valence-electron chi connectivity index (χ1n) is 9.01. The highest BCUT2D eigenvalue weighted by molar-refractivity contribution is 6.07. The number of hydrogen-bond acceptors (Lipinski definition) is 4. The summed E-state index contributed by atoms with van der Waals surface area (Å²) < 4.78 is 0. The van der Waals surface area contributed by atoms with Crippen LogP contribution in [0.4, 0.5) is 4.79 Å². The van der Waals surface area contributed by atoms with Gasteiger partial charge in [-0.15, -0.1) is 0 Å². The standard InChI is InChI=1S/C20H23N3O3/c1-20(16-9-8-14-5-2-3-6-15(14)11-16)18(25)23(19(26)21-20)13-22-10-4-7-17(24)12-22/h2-3,5-6,8-9,11,17,24H,4,7,10,12-13H2,1H3,(H,21,26)/t17-,20+/m0/s1. The van der Waals surface area contributed by atoms with Crippen LogP contribution in [0, 0.1) is 0 Å². The average molecular weight is 353 g/mol. The summed E-state index contributed by atoms with van der Waals surface area (Å²) in [7, 11) is 0. The Morgan fingerprint density at radius 2 is 1.96 bits per heavy atom. The fourth-order valence-electron chi connectivity index (χ4n) is 3.88. The Kier molecular flexibility index (Phi) is 4.17. The van der Waals surface area contributed by atoms with E-state index in [9.17, 15) is 14.7 Å². The summed E-state index contributed by atoms with van der Waals surface area (Å²) in [4.78, 5) is 28.8. The number of nitrogens with zero attached hydrogens (tertiary/aromatic N) is 2. The molecule has 2 fully saturated rings. The van der Waals surface area contributed by atoms with Crippen LogP contribution in [-0.4, -0.2) is 52.7 Å². The molecule has 136 valence electrons. The monoisotopic (exact) mass is 353 g/mol. The van der Waals surface area contributed by atoms with Crippen LogP contribution in [0.2, 0.25) is 0 Å². The van der Waals surface area contributed by atoms with Crippen LogP contribution in [0.25, 0.3) is 10.8 Å². The van der Waals surface area contributed by atoms with Crippen molar-refractivity contribution in [3.8, 4) is 0 Å². The number of amides is 3. The molecule has 2 atom stereocenters. The number of carbonyl (C=O) groups is 2. The van der Waals surface area contributed by atoms with E-state index in [1.807, 2.05) is 47.4 Å². The highest BCUT2D eigenvalue weighted by Gasteiger charge is 2.49. The van der Waals surface area contributed by atoms with Gasteiger partial charge in [0.05, 0.1) is 12.8 Å². The second kappa shape index (κ2) is 6.37. The molecule has 2 aliphatic rings. The van der Waals surface area contributed by atoms with Crippen molar-refractivity contribution in [1.29, 1.82) is 0 Å². The van der Waals surface area contributed by atoms with E-state index in [-0.39, 0.29) is 18.6 Å². The average Bonchev–Trinajstić information content (AvgIpc) is 2.85. The number of likely N-dealkylation sites (tertiary alicyclic amines) is 1. The molecule has 0 bridgehead atoms. The van der Waals surface area contributed by atoms with Gasteiger partial charge in [-0.05, 0) is 42.2 Å². The van der Waals surface area contributed by atoms with E-state index in [1.54, 1.807) is 6.92 Å². The summed E-state index contributed by atoms with van der Waals surface area (Å²) >= 11 is 0. The lowest BCUT2D eigenvalue weighted by Crippen LogP contribution is -2.47. The van der Waals surface area contributed by atoms with E-state index in [2.05, 4.69) is 5.32 Å². The molecule has 0 unspecified atom stereocenters. The first-order chi connectivity index (χ1) is 12.5. The summed E-state index contributed by atoms with van der Waals surface area (Å²) in [6.45, 7) is 3.23. The number of piperidine rings is 1. The lowest BCUT2D eigenvalue weighted by molar-refractivity contribution is -0.133. The number of aliphatic hydroxyl groups is 1. The van der Waals surface area contributed by atoms with Crippen LogP contribution in [-0.2, 0) is 10.3 Å². The Labute approximate surface area is 152 Å². The highest BCUT2D eigenvalue weighted by atomic mass is 16.3. The Morgan fingerprint density at radius 3 is 2.73 bits per heavy atom. The minimum Gasteiger partial charge on any atom is -0.392 e. The molecule has 3 amide bonds. The van der Waals surface area contributed by atoms with E-state index in [4.69, 9.17) is 0 Å². The molecule has 4 rings (SSSR count). The third kappa shape index (κ3) is 2.85. The number of fused-ring (bicyclic) bond motifs is 1. The second-order valence-electron chi connectivity index (χ2n) is 7.36. The number of imide groups is 1. The molecule has 6 nitrogen and oxygen atoms in total. The van der Waals surface area contributed by atoms with E-state index in [0.29, 0.717) is 6.54 Å². The molecule has 0 aromatic heterocycles. The van der Waals surface area contributed by atoms with Gasteiger partial charge in [-0.3, -0.25) is 9.69 Å². The molecule has 6 heteroatoms. The normalized spacial score (nSPS) is 27.2.